The van der Waals surface area contributed by atoms with Crippen molar-refractivity contribution in [3.8, 4) is 11.8 Å². The second kappa shape index (κ2) is 4.50. The lowest BCUT2D eigenvalue weighted by Crippen LogP contribution is -2.08. The van der Waals surface area contributed by atoms with Gasteiger partial charge in [0.25, 0.3) is 0 Å². The first-order valence-electron chi connectivity index (χ1n) is 3.65. The van der Waals surface area contributed by atoms with Crippen LogP contribution in [0.2, 0.25) is 5.02 Å². The Morgan fingerprint density at radius 3 is 2.85 bits per heavy atom. The van der Waals surface area contributed by atoms with Gasteiger partial charge in [0.15, 0.2) is 6.10 Å². The van der Waals surface area contributed by atoms with Crippen LogP contribution in [0.3, 0.4) is 0 Å². The third-order valence-corrected chi connectivity index (χ3v) is 2.17. The summed E-state index contributed by atoms with van der Waals surface area (Å²) in [7, 11) is 0. The maximum absolute atomic E-state index is 8.51. The molecular formula is C9H7BrClNO. The smallest absolute Gasteiger partial charge is 0.181 e. The van der Waals surface area contributed by atoms with Gasteiger partial charge >= 0.3 is 0 Å². The lowest BCUT2D eigenvalue weighted by Gasteiger charge is -2.08. The van der Waals surface area contributed by atoms with Crippen molar-refractivity contribution in [3.63, 3.8) is 0 Å². The van der Waals surface area contributed by atoms with Crippen LogP contribution in [0, 0.1) is 11.3 Å². The van der Waals surface area contributed by atoms with Gasteiger partial charge in [0.1, 0.15) is 11.8 Å². The molecule has 1 aromatic carbocycles. The van der Waals surface area contributed by atoms with Crippen molar-refractivity contribution in [1.29, 1.82) is 5.26 Å². The third kappa shape index (κ3) is 2.91. The molecule has 1 aromatic rings. The summed E-state index contributed by atoms with van der Waals surface area (Å²) in [5.74, 6) is 0.527. The maximum Gasteiger partial charge on any atom is 0.181 e. The van der Waals surface area contributed by atoms with E-state index in [4.69, 9.17) is 21.6 Å². The summed E-state index contributed by atoms with van der Waals surface area (Å²) in [6.07, 6.45) is -0.487. The molecule has 0 spiro atoms. The molecular weight excluding hydrogens is 253 g/mol. The third-order valence-electron chi connectivity index (χ3n) is 1.38. The molecule has 13 heavy (non-hydrogen) atoms. The van der Waals surface area contributed by atoms with Crippen molar-refractivity contribution in [3.05, 3.63) is 27.7 Å². The standard InChI is InChI=1S/C9H7BrClNO/c1-6(5-12)13-9-3-2-7(10)4-8(9)11/h2-4,6H,1H3. The molecule has 4 heteroatoms. The molecule has 0 bridgehead atoms. The molecule has 1 atom stereocenters. The molecule has 0 fully saturated rings. The van der Waals surface area contributed by atoms with E-state index in [0.29, 0.717) is 10.8 Å². The van der Waals surface area contributed by atoms with Gasteiger partial charge in [0.2, 0.25) is 0 Å². The van der Waals surface area contributed by atoms with Crippen LogP contribution in [0.1, 0.15) is 6.92 Å². The Morgan fingerprint density at radius 1 is 1.62 bits per heavy atom. The van der Waals surface area contributed by atoms with Crippen molar-refractivity contribution in [2.24, 2.45) is 0 Å². The van der Waals surface area contributed by atoms with E-state index >= 15 is 0 Å². The van der Waals surface area contributed by atoms with E-state index < -0.39 is 6.10 Å². The van der Waals surface area contributed by atoms with E-state index in [-0.39, 0.29) is 0 Å². The summed E-state index contributed by atoms with van der Waals surface area (Å²) in [6.45, 7) is 1.67. The highest BCUT2D eigenvalue weighted by molar-refractivity contribution is 9.10. The summed E-state index contributed by atoms with van der Waals surface area (Å²) >= 11 is 9.14. The van der Waals surface area contributed by atoms with Crippen LogP contribution in [-0.2, 0) is 0 Å². The van der Waals surface area contributed by atoms with Crippen molar-refractivity contribution < 1.29 is 4.74 Å². The highest BCUT2D eigenvalue weighted by atomic mass is 79.9. The molecule has 0 aliphatic rings. The molecule has 1 rings (SSSR count). The minimum atomic E-state index is -0.487. The number of hydrogen-bond donors (Lipinski definition) is 0. The second-order valence-corrected chi connectivity index (χ2v) is 3.79. The lowest BCUT2D eigenvalue weighted by molar-refractivity contribution is 0.276. The van der Waals surface area contributed by atoms with Crippen LogP contribution in [0.4, 0.5) is 0 Å². The summed E-state index contributed by atoms with van der Waals surface area (Å²) in [5.41, 5.74) is 0. The Bertz CT molecular complexity index is 348. The van der Waals surface area contributed by atoms with Gasteiger partial charge in [0.05, 0.1) is 5.02 Å². The van der Waals surface area contributed by atoms with E-state index in [2.05, 4.69) is 15.9 Å². The molecule has 0 saturated carbocycles. The van der Waals surface area contributed by atoms with E-state index in [1.807, 2.05) is 12.1 Å². The number of ether oxygens (including phenoxy) is 1. The van der Waals surface area contributed by atoms with Crippen LogP contribution >= 0.6 is 27.5 Å². The predicted molar refractivity (Wildman–Crippen MR) is 54.9 cm³/mol. The highest BCUT2D eigenvalue weighted by Crippen LogP contribution is 2.28. The zero-order valence-corrected chi connectivity index (χ0v) is 9.26. The van der Waals surface area contributed by atoms with Crippen molar-refractivity contribution in [2.75, 3.05) is 0 Å². The first-order chi connectivity index (χ1) is 6.13. The van der Waals surface area contributed by atoms with Gasteiger partial charge in [-0.15, -0.1) is 0 Å². The normalized spacial score (nSPS) is 11.8. The maximum atomic E-state index is 8.51. The zero-order chi connectivity index (χ0) is 9.84. The average molecular weight is 261 g/mol. The monoisotopic (exact) mass is 259 g/mol. The number of nitriles is 1. The topological polar surface area (TPSA) is 33.0 Å². The van der Waals surface area contributed by atoms with Crippen LogP contribution in [-0.4, -0.2) is 6.10 Å². The van der Waals surface area contributed by atoms with Crippen molar-refractivity contribution in [1.82, 2.24) is 0 Å². The second-order valence-electron chi connectivity index (χ2n) is 2.46. The molecule has 0 heterocycles. The largest absolute Gasteiger partial charge is 0.474 e. The van der Waals surface area contributed by atoms with E-state index in [9.17, 15) is 0 Å². The van der Waals surface area contributed by atoms with Crippen LogP contribution in [0.15, 0.2) is 22.7 Å². The Morgan fingerprint density at radius 2 is 2.31 bits per heavy atom. The van der Waals surface area contributed by atoms with Crippen molar-refractivity contribution >= 4 is 27.5 Å². The van der Waals surface area contributed by atoms with E-state index in [1.165, 1.54) is 0 Å². The molecule has 0 N–H and O–H groups in total. The fraction of sp³-hybridized carbons (Fsp3) is 0.222. The van der Waals surface area contributed by atoms with Gasteiger partial charge in [-0.2, -0.15) is 5.26 Å². The number of rotatable bonds is 2. The summed E-state index contributed by atoms with van der Waals surface area (Å²) in [6, 6.07) is 7.22. The molecule has 1 unspecified atom stereocenters. The Labute approximate surface area is 90.2 Å². The van der Waals surface area contributed by atoms with Crippen molar-refractivity contribution in [2.45, 2.75) is 13.0 Å². The molecule has 0 saturated heterocycles. The van der Waals surface area contributed by atoms with E-state index in [1.54, 1.807) is 19.1 Å². The molecule has 0 aromatic heterocycles. The summed E-state index contributed by atoms with van der Waals surface area (Å²) in [5, 5.41) is 9.01. The molecule has 0 aliphatic heterocycles. The Kier molecular flexibility index (Phi) is 3.58. The lowest BCUT2D eigenvalue weighted by atomic mass is 10.3. The Balaban J connectivity index is 2.85. The fourth-order valence-electron chi connectivity index (χ4n) is 0.788. The zero-order valence-electron chi connectivity index (χ0n) is 6.92. The first-order valence-corrected chi connectivity index (χ1v) is 4.82. The molecule has 2 nitrogen and oxygen atoms in total. The summed E-state index contributed by atoms with van der Waals surface area (Å²) < 4.78 is 6.12. The van der Waals surface area contributed by atoms with Gasteiger partial charge in [-0.1, -0.05) is 27.5 Å². The summed E-state index contributed by atoms with van der Waals surface area (Å²) in [4.78, 5) is 0. The van der Waals surface area contributed by atoms with Crippen LogP contribution < -0.4 is 4.74 Å². The highest BCUT2D eigenvalue weighted by Gasteiger charge is 2.05. The molecule has 0 amide bonds. The van der Waals surface area contributed by atoms with Gasteiger partial charge in [-0.25, -0.2) is 0 Å². The molecule has 68 valence electrons. The van der Waals surface area contributed by atoms with Crippen LogP contribution in [0.25, 0.3) is 0 Å². The average Bonchev–Trinajstić information content (AvgIpc) is 2.09. The minimum Gasteiger partial charge on any atom is -0.474 e. The predicted octanol–water partition coefficient (Wildman–Crippen LogP) is 3.39. The molecule has 0 radical (unpaired) electrons. The number of hydrogen-bond acceptors (Lipinski definition) is 2. The number of nitrogens with zero attached hydrogens (tertiary/aromatic N) is 1. The van der Waals surface area contributed by atoms with Gasteiger partial charge < -0.3 is 4.74 Å². The van der Waals surface area contributed by atoms with Gasteiger partial charge in [-0.05, 0) is 25.1 Å². The Hall–Kier alpha value is -0.720. The van der Waals surface area contributed by atoms with Gasteiger partial charge in [0, 0.05) is 4.47 Å². The minimum absolute atomic E-state index is 0.487. The van der Waals surface area contributed by atoms with Crippen LogP contribution in [0.5, 0.6) is 5.75 Å². The van der Waals surface area contributed by atoms with E-state index in [0.717, 1.165) is 4.47 Å². The first kappa shape index (κ1) is 10.4. The van der Waals surface area contributed by atoms with Gasteiger partial charge in [-0.3, -0.25) is 0 Å². The SMILES string of the molecule is CC(C#N)Oc1ccc(Br)cc1Cl. The molecule has 0 aliphatic carbocycles. The number of halogens is 2. The quantitative estimate of drug-likeness (QED) is 0.816. The fourth-order valence-corrected chi connectivity index (χ4v) is 1.51. The number of benzene rings is 1.